The summed E-state index contributed by atoms with van der Waals surface area (Å²) in [6.45, 7) is 11.1. The third-order valence-corrected chi connectivity index (χ3v) is 8.12. The van der Waals surface area contributed by atoms with Gasteiger partial charge in [-0.25, -0.2) is 4.68 Å². The molecule has 4 heterocycles. The van der Waals surface area contributed by atoms with Crippen LogP contribution in [-0.2, 0) is 11.3 Å². The van der Waals surface area contributed by atoms with E-state index in [9.17, 15) is 4.79 Å². The van der Waals surface area contributed by atoms with Crippen molar-refractivity contribution in [3.05, 3.63) is 80.9 Å². The van der Waals surface area contributed by atoms with Crippen molar-refractivity contribution in [2.45, 2.75) is 52.3 Å². The van der Waals surface area contributed by atoms with Crippen LogP contribution in [0.1, 0.15) is 47.0 Å². The quantitative estimate of drug-likeness (QED) is 0.422. The Balaban J connectivity index is 1.37. The fourth-order valence-corrected chi connectivity index (χ4v) is 5.86. The zero-order valence-corrected chi connectivity index (χ0v) is 22.4. The van der Waals surface area contributed by atoms with Gasteiger partial charge in [-0.1, -0.05) is 23.8 Å². The van der Waals surface area contributed by atoms with Gasteiger partial charge in [0.05, 0.1) is 12.6 Å². The van der Waals surface area contributed by atoms with Crippen LogP contribution >= 0.6 is 0 Å². The van der Waals surface area contributed by atoms with E-state index in [-0.39, 0.29) is 17.7 Å². The number of piperazine rings is 1. The Morgan fingerprint density at radius 1 is 1.08 bits per heavy atom. The first-order valence-corrected chi connectivity index (χ1v) is 13.5. The number of benzene rings is 2. The fraction of sp³-hybridized carbons (Fsp3) is 0.448. The monoisotopic (exact) mass is 513 g/mol. The Morgan fingerprint density at radius 3 is 2.71 bits per heavy atom. The number of nitrogens with one attached hydrogen (secondary N) is 1. The van der Waals surface area contributed by atoms with E-state index < -0.39 is 0 Å². The lowest BCUT2D eigenvalue weighted by molar-refractivity contribution is 0.0906. The first-order valence-electron chi connectivity index (χ1n) is 13.5. The van der Waals surface area contributed by atoms with E-state index in [2.05, 4.69) is 75.3 Å². The number of ether oxygens (including phenoxy) is 1. The predicted octanol–water partition coefficient (Wildman–Crippen LogP) is 3.53. The number of aromatic nitrogens is 5. The van der Waals surface area contributed by atoms with Crippen LogP contribution in [0.5, 0.6) is 0 Å². The molecule has 0 radical (unpaired) electrons. The first kappa shape index (κ1) is 24.8. The highest BCUT2D eigenvalue weighted by atomic mass is 16.5. The van der Waals surface area contributed by atoms with Gasteiger partial charge in [-0.15, -0.1) is 5.10 Å². The minimum Gasteiger partial charge on any atom is -0.376 e. The van der Waals surface area contributed by atoms with Gasteiger partial charge < -0.3 is 14.6 Å². The summed E-state index contributed by atoms with van der Waals surface area (Å²) in [5.41, 5.74) is 6.46. The number of hydrogen-bond acceptors (Lipinski definition) is 7. The van der Waals surface area contributed by atoms with Gasteiger partial charge in [0.15, 0.2) is 5.82 Å². The summed E-state index contributed by atoms with van der Waals surface area (Å²) in [6.07, 6.45) is 2.14. The van der Waals surface area contributed by atoms with Gasteiger partial charge in [-0.2, -0.15) is 0 Å². The molecule has 2 aliphatic heterocycles. The molecule has 0 bridgehead atoms. The summed E-state index contributed by atoms with van der Waals surface area (Å²) in [4.78, 5) is 21.4. The van der Waals surface area contributed by atoms with Crippen LogP contribution in [0, 0.1) is 20.8 Å². The third-order valence-electron chi connectivity index (χ3n) is 8.12. The van der Waals surface area contributed by atoms with Crippen molar-refractivity contribution in [2.24, 2.45) is 0 Å². The normalized spacial score (nSPS) is 19.3. The molecule has 38 heavy (non-hydrogen) atoms. The maximum atomic E-state index is 13.5. The van der Waals surface area contributed by atoms with Crippen molar-refractivity contribution < 1.29 is 4.74 Å². The zero-order chi connectivity index (χ0) is 26.2. The second-order valence-corrected chi connectivity index (χ2v) is 10.6. The van der Waals surface area contributed by atoms with Crippen LogP contribution in [0.3, 0.4) is 0 Å². The van der Waals surface area contributed by atoms with Gasteiger partial charge in [0, 0.05) is 49.6 Å². The topological polar surface area (TPSA) is 92.2 Å². The highest BCUT2D eigenvalue weighted by Crippen LogP contribution is 2.31. The smallest absolute Gasteiger partial charge is 0.253 e. The number of pyridine rings is 1. The van der Waals surface area contributed by atoms with E-state index in [1.54, 1.807) is 0 Å². The van der Waals surface area contributed by atoms with Crippen LogP contribution in [0.4, 0.5) is 5.69 Å². The average Bonchev–Trinajstić information content (AvgIpc) is 3.60. The largest absolute Gasteiger partial charge is 0.376 e. The Labute approximate surface area is 222 Å². The Kier molecular flexibility index (Phi) is 6.71. The Bertz CT molecular complexity index is 1500. The number of anilines is 1. The van der Waals surface area contributed by atoms with Gasteiger partial charge in [0.1, 0.15) is 6.04 Å². The van der Waals surface area contributed by atoms with E-state index in [4.69, 9.17) is 4.74 Å². The number of aryl methyl sites for hydroxylation is 2. The molecule has 198 valence electrons. The van der Waals surface area contributed by atoms with Gasteiger partial charge >= 0.3 is 0 Å². The van der Waals surface area contributed by atoms with E-state index in [0.717, 1.165) is 62.1 Å². The van der Waals surface area contributed by atoms with Crippen LogP contribution in [0.25, 0.3) is 10.9 Å². The molecule has 2 atom stereocenters. The second-order valence-electron chi connectivity index (χ2n) is 10.6. The number of aromatic amines is 1. The summed E-state index contributed by atoms with van der Waals surface area (Å²) in [6, 6.07) is 14.2. The van der Waals surface area contributed by atoms with E-state index in [1.165, 1.54) is 16.8 Å². The van der Waals surface area contributed by atoms with Gasteiger partial charge in [-0.05, 0) is 84.8 Å². The molecular formula is C29H35N7O2. The van der Waals surface area contributed by atoms with Crippen molar-refractivity contribution in [3.8, 4) is 0 Å². The molecule has 2 saturated heterocycles. The number of hydrogen-bond donors (Lipinski definition) is 1. The van der Waals surface area contributed by atoms with Crippen molar-refractivity contribution >= 4 is 16.6 Å². The lowest BCUT2D eigenvalue weighted by atomic mass is 10.0. The molecular weight excluding hydrogens is 478 g/mol. The Hall–Kier alpha value is -3.56. The number of H-pyrrole nitrogens is 1. The highest BCUT2D eigenvalue weighted by Gasteiger charge is 2.33. The van der Waals surface area contributed by atoms with Gasteiger partial charge in [0.25, 0.3) is 5.56 Å². The first-order chi connectivity index (χ1) is 18.5. The highest BCUT2D eigenvalue weighted by molar-refractivity contribution is 5.79. The van der Waals surface area contributed by atoms with Gasteiger partial charge in [0.2, 0.25) is 0 Å². The van der Waals surface area contributed by atoms with Crippen LogP contribution < -0.4 is 10.5 Å². The molecule has 0 aliphatic carbocycles. The van der Waals surface area contributed by atoms with E-state index >= 15 is 0 Å². The third kappa shape index (κ3) is 4.72. The average molecular weight is 514 g/mol. The van der Waals surface area contributed by atoms with Crippen molar-refractivity contribution in [3.63, 3.8) is 0 Å². The standard InChI is InChI=1S/C29H35N7O2/c1-19-9-10-25-22(16-19)17-24(29(37)30-25)27(28-31-32-33-36(28)18-23-7-5-15-38-23)35-13-11-34(12-14-35)26-8-4-6-20(2)21(26)3/h4,6,8-10,16-17,23,27H,5,7,11-15,18H2,1-3H3,(H,30,37)/t23-,27+/m1/s1. The molecule has 4 aromatic rings. The SMILES string of the molecule is Cc1ccc2[nH]c(=O)c([C@@H](c3nnnn3C[C@H]3CCCO3)N3CCN(c4cccc(C)c4C)CC3)cc2c1. The molecule has 0 saturated carbocycles. The molecule has 0 amide bonds. The molecule has 1 N–H and O–H groups in total. The molecule has 9 nitrogen and oxygen atoms in total. The molecule has 9 heteroatoms. The minimum atomic E-state index is -0.360. The lowest BCUT2D eigenvalue weighted by Gasteiger charge is -2.40. The molecule has 0 unspecified atom stereocenters. The van der Waals surface area contributed by atoms with Crippen LogP contribution in [-0.4, -0.2) is 69.0 Å². The zero-order valence-electron chi connectivity index (χ0n) is 22.4. The summed E-state index contributed by atoms with van der Waals surface area (Å²) in [5, 5.41) is 13.9. The molecule has 2 fully saturated rings. The minimum absolute atomic E-state index is 0.0941. The van der Waals surface area contributed by atoms with Crippen molar-refractivity contribution in [1.82, 2.24) is 30.1 Å². The molecule has 2 aromatic carbocycles. The van der Waals surface area contributed by atoms with Crippen LogP contribution in [0.15, 0.2) is 47.3 Å². The Morgan fingerprint density at radius 2 is 1.92 bits per heavy atom. The number of tetrazole rings is 1. The molecule has 2 aliphatic rings. The maximum Gasteiger partial charge on any atom is 0.253 e. The summed E-state index contributed by atoms with van der Waals surface area (Å²) in [7, 11) is 0. The van der Waals surface area contributed by atoms with Crippen molar-refractivity contribution in [2.75, 3.05) is 37.7 Å². The number of nitrogens with zero attached hydrogens (tertiary/aromatic N) is 6. The predicted molar refractivity (Wildman–Crippen MR) is 148 cm³/mol. The number of fused-ring (bicyclic) bond motifs is 1. The van der Waals surface area contributed by atoms with E-state index in [0.29, 0.717) is 17.9 Å². The lowest BCUT2D eigenvalue weighted by Crippen LogP contribution is -2.49. The van der Waals surface area contributed by atoms with Crippen molar-refractivity contribution in [1.29, 1.82) is 0 Å². The molecule has 6 rings (SSSR count). The molecule has 0 spiro atoms. The van der Waals surface area contributed by atoms with Crippen LogP contribution in [0.2, 0.25) is 0 Å². The second kappa shape index (κ2) is 10.3. The summed E-state index contributed by atoms with van der Waals surface area (Å²) in [5.74, 6) is 0.693. The summed E-state index contributed by atoms with van der Waals surface area (Å²) < 4.78 is 7.73. The van der Waals surface area contributed by atoms with Gasteiger partial charge in [-0.3, -0.25) is 9.69 Å². The molecule has 2 aromatic heterocycles. The fourth-order valence-electron chi connectivity index (χ4n) is 5.86. The van der Waals surface area contributed by atoms with E-state index in [1.807, 2.05) is 22.9 Å². The number of rotatable bonds is 6. The maximum absolute atomic E-state index is 13.5. The summed E-state index contributed by atoms with van der Waals surface area (Å²) >= 11 is 0.